The van der Waals surface area contributed by atoms with E-state index in [-0.39, 0.29) is 0 Å². The Morgan fingerprint density at radius 2 is 2.23 bits per heavy atom. The van der Waals surface area contributed by atoms with Crippen LogP contribution in [0.3, 0.4) is 0 Å². The quantitative estimate of drug-likeness (QED) is 0.665. The highest BCUT2D eigenvalue weighted by atomic mass is 16.5. The molecule has 2 heteroatoms. The summed E-state index contributed by atoms with van der Waals surface area (Å²) in [6.07, 6.45) is 3.02. The summed E-state index contributed by atoms with van der Waals surface area (Å²) in [5, 5.41) is 0. The summed E-state index contributed by atoms with van der Waals surface area (Å²) in [5.74, 6) is 0.806. The van der Waals surface area contributed by atoms with Crippen LogP contribution in [-0.4, -0.2) is 37.2 Å². The highest BCUT2D eigenvalue weighted by Gasteiger charge is 2.18. The molecule has 1 fully saturated rings. The molecule has 13 heavy (non-hydrogen) atoms. The third-order valence-electron chi connectivity index (χ3n) is 2.74. The number of rotatable bonds is 4. The van der Waals surface area contributed by atoms with Crippen LogP contribution < -0.4 is 0 Å². The summed E-state index contributed by atoms with van der Waals surface area (Å²) in [6, 6.07) is 0. The minimum absolute atomic E-state index is 0.496. The molecule has 0 amide bonds. The van der Waals surface area contributed by atoms with E-state index in [1.807, 2.05) is 0 Å². The monoisotopic (exact) mass is 185 g/mol. The maximum Gasteiger partial charge on any atom is 0.0702 e. The molecule has 0 unspecified atom stereocenters. The van der Waals surface area contributed by atoms with Crippen LogP contribution >= 0.6 is 0 Å². The van der Waals surface area contributed by atoms with Gasteiger partial charge in [0.2, 0.25) is 0 Å². The fourth-order valence-electron chi connectivity index (χ4n) is 1.76. The number of hydrogen-bond acceptors (Lipinski definition) is 2. The van der Waals surface area contributed by atoms with E-state index in [2.05, 4.69) is 25.7 Å². The first-order valence-electron chi connectivity index (χ1n) is 5.56. The molecule has 2 nitrogen and oxygen atoms in total. The predicted octanol–water partition coefficient (Wildman–Crippen LogP) is 2.14. The van der Waals surface area contributed by atoms with Gasteiger partial charge < -0.3 is 4.74 Å². The molecule has 1 atom stereocenters. The first kappa shape index (κ1) is 11.0. The van der Waals surface area contributed by atoms with Gasteiger partial charge in [-0.1, -0.05) is 20.8 Å². The van der Waals surface area contributed by atoms with Crippen molar-refractivity contribution in [3.63, 3.8) is 0 Å². The molecule has 0 aromatic heterocycles. The van der Waals surface area contributed by atoms with Crippen LogP contribution in [0, 0.1) is 5.92 Å². The Morgan fingerprint density at radius 1 is 1.46 bits per heavy atom. The van der Waals surface area contributed by atoms with Crippen molar-refractivity contribution in [1.29, 1.82) is 0 Å². The Labute approximate surface area is 82.3 Å². The second-order valence-corrected chi connectivity index (χ2v) is 4.36. The molecule has 78 valence electrons. The van der Waals surface area contributed by atoms with Gasteiger partial charge in [0.25, 0.3) is 0 Å². The maximum atomic E-state index is 5.72. The number of nitrogens with zero attached hydrogens (tertiary/aromatic N) is 1. The van der Waals surface area contributed by atoms with Crippen molar-refractivity contribution in [2.24, 2.45) is 5.92 Å². The number of likely N-dealkylation sites (N-methyl/N-ethyl adjacent to an activating group) is 1. The van der Waals surface area contributed by atoms with Gasteiger partial charge in [-0.2, -0.15) is 0 Å². The molecule has 1 heterocycles. The lowest BCUT2D eigenvalue weighted by Gasteiger charge is -2.32. The van der Waals surface area contributed by atoms with Crippen molar-refractivity contribution in [1.82, 2.24) is 4.90 Å². The molecule has 0 aromatic rings. The van der Waals surface area contributed by atoms with Gasteiger partial charge in [-0.25, -0.2) is 0 Å². The Morgan fingerprint density at radius 3 is 2.85 bits per heavy atom. The van der Waals surface area contributed by atoms with Gasteiger partial charge in [-0.3, -0.25) is 4.90 Å². The zero-order valence-electron chi connectivity index (χ0n) is 9.25. The van der Waals surface area contributed by atoms with E-state index in [4.69, 9.17) is 4.74 Å². The molecule has 0 N–H and O–H groups in total. The maximum absolute atomic E-state index is 5.72. The molecule has 0 saturated carbocycles. The van der Waals surface area contributed by atoms with Crippen molar-refractivity contribution in [3.05, 3.63) is 0 Å². The second kappa shape index (κ2) is 5.61. The lowest BCUT2D eigenvalue weighted by molar-refractivity contribution is -0.0323. The Bertz CT molecular complexity index is 136. The van der Waals surface area contributed by atoms with Gasteiger partial charge in [-0.15, -0.1) is 0 Å². The Kier molecular flexibility index (Phi) is 4.74. The van der Waals surface area contributed by atoms with Gasteiger partial charge in [0, 0.05) is 13.1 Å². The average Bonchev–Trinajstić information content (AvgIpc) is 2.15. The van der Waals surface area contributed by atoms with Crippen molar-refractivity contribution in [2.45, 2.75) is 39.7 Å². The Hall–Kier alpha value is -0.0800. The van der Waals surface area contributed by atoms with Crippen LogP contribution in [0.25, 0.3) is 0 Å². The average molecular weight is 185 g/mol. The zero-order chi connectivity index (χ0) is 9.68. The summed E-state index contributed by atoms with van der Waals surface area (Å²) >= 11 is 0. The van der Waals surface area contributed by atoms with Crippen molar-refractivity contribution >= 4 is 0 Å². The molecule has 1 rings (SSSR count). The van der Waals surface area contributed by atoms with Crippen molar-refractivity contribution in [3.8, 4) is 0 Å². The highest BCUT2D eigenvalue weighted by Crippen LogP contribution is 2.13. The summed E-state index contributed by atoms with van der Waals surface area (Å²) in [7, 11) is 0. The lowest BCUT2D eigenvalue weighted by atomic mass is 10.0. The van der Waals surface area contributed by atoms with E-state index < -0.39 is 0 Å². The van der Waals surface area contributed by atoms with Crippen LogP contribution in [0.2, 0.25) is 0 Å². The van der Waals surface area contributed by atoms with E-state index in [1.165, 1.54) is 19.4 Å². The molecule has 0 bridgehead atoms. The van der Waals surface area contributed by atoms with Gasteiger partial charge in [0.15, 0.2) is 0 Å². The van der Waals surface area contributed by atoms with Gasteiger partial charge in [-0.05, 0) is 25.3 Å². The normalized spacial score (nSPS) is 25.4. The van der Waals surface area contributed by atoms with Crippen LogP contribution in [0.15, 0.2) is 0 Å². The summed E-state index contributed by atoms with van der Waals surface area (Å²) in [4.78, 5) is 2.48. The van der Waals surface area contributed by atoms with E-state index in [1.54, 1.807) is 0 Å². The summed E-state index contributed by atoms with van der Waals surface area (Å²) in [6.45, 7) is 11.1. The van der Waals surface area contributed by atoms with Crippen molar-refractivity contribution in [2.75, 3.05) is 26.2 Å². The topological polar surface area (TPSA) is 12.5 Å². The highest BCUT2D eigenvalue weighted by molar-refractivity contribution is 4.70. The van der Waals surface area contributed by atoms with Gasteiger partial charge in [0.1, 0.15) is 0 Å². The summed E-state index contributed by atoms with van der Waals surface area (Å²) in [5.41, 5.74) is 0. The van der Waals surface area contributed by atoms with E-state index in [0.29, 0.717) is 6.10 Å². The molecule has 0 radical (unpaired) electrons. The lowest BCUT2D eigenvalue weighted by Crippen LogP contribution is -2.42. The van der Waals surface area contributed by atoms with Crippen LogP contribution in [0.1, 0.15) is 33.6 Å². The molecular weight excluding hydrogens is 162 g/mol. The first-order chi connectivity index (χ1) is 6.22. The number of morpholine rings is 1. The van der Waals surface area contributed by atoms with Crippen LogP contribution in [0.4, 0.5) is 0 Å². The number of ether oxygens (including phenoxy) is 1. The standard InChI is InChI=1S/C11H23NO/c1-4-12-7-8-13-11(9-12)6-5-10(2)3/h10-11H,4-9H2,1-3H3/t11-/m1/s1. The summed E-state index contributed by atoms with van der Waals surface area (Å²) < 4.78 is 5.72. The molecule has 1 aliphatic heterocycles. The smallest absolute Gasteiger partial charge is 0.0702 e. The van der Waals surface area contributed by atoms with E-state index >= 15 is 0 Å². The minimum atomic E-state index is 0.496. The van der Waals surface area contributed by atoms with Gasteiger partial charge in [0.05, 0.1) is 12.7 Å². The third kappa shape index (κ3) is 4.10. The molecule has 0 aliphatic carbocycles. The fourth-order valence-corrected chi connectivity index (χ4v) is 1.76. The largest absolute Gasteiger partial charge is 0.376 e. The molecule has 1 aliphatic rings. The molecular formula is C11H23NO. The SMILES string of the molecule is CCN1CCO[C@H](CCC(C)C)C1. The minimum Gasteiger partial charge on any atom is -0.376 e. The third-order valence-corrected chi connectivity index (χ3v) is 2.74. The second-order valence-electron chi connectivity index (χ2n) is 4.36. The fraction of sp³-hybridized carbons (Fsp3) is 1.00. The van der Waals surface area contributed by atoms with E-state index in [0.717, 1.165) is 25.6 Å². The molecule has 1 saturated heterocycles. The van der Waals surface area contributed by atoms with Crippen molar-refractivity contribution < 1.29 is 4.74 Å². The van der Waals surface area contributed by atoms with Crippen LogP contribution in [0.5, 0.6) is 0 Å². The first-order valence-corrected chi connectivity index (χ1v) is 5.56. The molecule has 0 aromatic carbocycles. The molecule has 0 spiro atoms. The Balaban J connectivity index is 2.18. The zero-order valence-corrected chi connectivity index (χ0v) is 9.25. The van der Waals surface area contributed by atoms with Crippen LogP contribution in [-0.2, 0) is 4.74 Å². The number of hydrogen-bond donors (Lipinski definition) is 0. The van der Waals surface area contributed by atoms with Gasteiger partial charge >= 0.3 is 0 Å². The predicted molar refractivity (Wildman–Crippen MR) is 55.9 cm³/mol. The van der Waals surface area contributed by atoms with E-state index in [9.17, 15) is 0 Å².